The van der Waals surface area contributed by atoms with Gasteiger partial charge in [0.25, 0.3) is 11.7 Å². The Morgan fingerprint density at radius 3 is 2.59 bits per heavy atom. The molecule has 1 atom stereocenters. The van der Waals surface area contributed by atoms with Crippen molar-refractivity contribution in [3.8, 4) is 0 Å². The molecular weight excluding hydrogens is 406 g/mol. The fourth-order valence-corrected chi connectivity index (χ4v) is 3.87. The van der Waals surface area contributed by atoms with Crippen LogP contribution in [0.1, 0.15) is 78.3 Å². The number of hydrogen-bond acceptors (Lipinski definition) is 6. The highest BCUT2D eigenvalue weighted by atomic mass is 16.5. The Morgan fingerprint density at radius 2 is 1.88 bits per heavy atom. The number of para-hydroxylation sites is 1. The third-order valence-electron chi connectivity index (χ3n) is 5.51. The number of anilines is 1. The van der Waals surface area contributed by atoms with E-state index in [9.17, 15) is 9.59 Å². The van der Waals surface area contributed by atoms with Crippen molar-refractivity contribution in [2.45, 2.75) is 65.8 Å². The number of ether oxygens (including phenoxy) is 1. The number of aryl methyl sites for hydroxylation is 2. The topological polar surface area (TPSA) is 89.7 Å². The van der Waals surface area contributed by atoms with E-state index >= 15 is 0 Å². The van der Waals surface area contributed by atoms with Crippen molar-refractivity contribution in [2.24, 2.45) is 0 Å². The SMILES string of the molecule is CCCCCC[C@H](C)N(C(=O)c1nc2nc(C)cc(C)n2n1)c1ccccc1C(=O)OC. The summed E-state index contributed by atoms with van der Waals surface area (Å²) in [5.41, 5.74) is 2.47. The zero-order valence-corrected chi connectivity index (χ0v) is 19.5. The molecule has 0 bridgehead atoms. The Bertz CT molecular complexity index is 1110. The molecule has 8 nitrogen and oxygen atoms in total. The molecule has 0 N–H and O–H groups in total. The fraction of sp³-hybridized carbons (Fsp3) is 0.458. The molecule has 0 aliphatic heterocycles. The number of carbonyl (C=O) groups is 2. The number of carbonyl (C=O) groups excluding carboxylic acids is 2. The molecule has 0 spiro atoms. The summed E-state index contributed by atoms with van der Waals surface area (Å²) < 4.78 is 6.53. The van der Waals surface area contributed by atoms with E-state index in [1.165, 1.54) is 7.11 Å². The van der Waals surface area contributed by atoms with E-state index in [-0.39, 0.29) is 17.8 Å². The second kappa shape index (κ2) is 10.3. The van der Waals surface area contributed by atoms with Gasteiger partial charge in [0, 0.05) is 17.4 Å². The summed E-state index contributed by atoms with van der Waals surface area (Å²) in [6.07, 6.45) is 5.16. The number of unbranched alkanes of at least 4 members (excludes halogenated alkanes) is 3. The third kappa shape index (κ3) is 4.95. The van der Waals surface area contributed by atoms with Crippen LogP contribution in [-0.4, -0.2) is 44.6 Å². The lowest BCUT2D eigenvalue weighted by Gasteiger charge is -2.30. The van der Waals surface area contributed by atoms with Gasteiger partial charge in [-0.2, -0.15) is 4.98 Å². The second-order valence-corrected chi connectivity index (χ2v) is 8.07. The van der Waals surface area contributed by atoms with Crippen LogP contribution in [0.15, 0.2) is 30.3 Å². The van der Waals surface area contributed by atoms with Crippen molar-refractivity contribution < 1.29 is 14.3 Å². The molecule has 1 aromatic carbocycles. The molecule has 0 fully saturated rings. The summed E-state index contributed by atoms with van der Waals surface area (Å²) in [7, 11) is 1.33. The van der Waals surface area contributed by atoms with Gasteiger partial charge in [-0.15, -0.1) is 5.10 Å². The standard InChI is InChI=1S/C24H31N5O3/c1-6-7-8-9-12-17(3)28(20-14-11-10-13-19(20)23(31)32-5)22(30)21-26-24-25-16(2)15-18(4)29(24)27-21/h10-11,13-15,17H,6-9,12H2,1-5H3/t17-/m0/s1. The Labute approximate surface area is 188 Å². The van der Waals surface area contributed by atoms with Gasteiger partial charge in [-0.25, -0.2) is 14.3 Å². The number of fused-ring (bicyclic) bond motifs is 1. The monoisotopic (exact) mass is 437 g/mol. The Balaban J connectivity index is 2.04. The molecule has 8 heteroatoms. The van der Waals surface area contributed by atoms with Crippen molar-refractivity contribution >= 4 is 23.3 Å². The van der Waals surface area contributed by atoms with Crippen molar-refractivity contribution in [1.82, 2.24) is 19.6 Å². The Hall–Kier alpha value is -3.29. The van der Waals surface area contributed by atoms with E-state index in [4.69, 9.17) is 4.74 Å². The number of esters is 1. The molecule has 0 saturated carbocycles. The lowest BCUT2D eigenvalue weighted by Crippen LogP contribution is -2.40. The Kier molecular flexibility index (Phi) is 7.56. The van der Waals surface area contributed by atoms with Crippen LogP contribution in [0.3, 0.4) is 0 Å². The highest BCUT2D eigenvalue weighted by molar-refractivity contribution is 6.08. The second-order valence-electron chi connectivity index (χ2n) is 8.07. The van der Waals surface area contributed by atoms with Gasteiger partial charge in [-0.3, -0.25) is 4.79 Å². The lowest BCUT2D eigenvalue weighted by atomic mass is 10.0. The van der Waals surface area contributed by atoms with Crippen molar-refractivity contribution in [3.63, 3.8) is 0 Å². The largest absolute Gasteiger partial charge is 0.465 e. The molecule has 2 aromatic heterocycles. The van der Waals surface area contributed by atoms with Crippen LogP contribution in [0.25, 0.3) is 5.78 Å². The molecule has 3 aromatic rings. The molecule has 3 rings (SSSR count). The van der Waals surface area contributed by atoms with Crippen molar-refractivity contribution in [3.05, 3.63) is 53.1 Å². The summed E-state index contributed by atoms with van der Waals surface area (Å²) in [4.78, 5) is 36.6. The molecule has 1 amide bonds. The molecule has 2 heterocycles. The predicted octanol–water partition coefficient (Wildman–Crippen LogP) is 4.53. The maximum absolute atomic E-state index is 13.7. The van der Waals surface area contributed by atoms with E-state index in [1.54, 1.807) is 33.7 Å². The molecule has 0 radical (unpaired) electrons. The average Bonchev–Trinajstić information content (AvgIpc) is 3.21. The number of aromatic nitrogens is 4. The van der Waals surface area contributed by atoms with Gasteiger partial charge in [0.05, 0.1) is 18.4 Å². The first-order valence-electron chi connectivity index (χ1n) is 11.1. The molecule has 170 valence electrons. The summed E-state index contributed by atoms with van der Waals surface area (Å²) >= 11 is 0. The normalized spacial score (nSPS) is 12.0. The zero-order valence-electron chi connectivity index (χ0n) is 19.5. The van der Waals surface area contributed by atoms with E-state index in [0.29, 0.717) is 17.0 Å². The first-order chi connectivity index (χ1) is 15.4. The van der Waals surface area contributed by atoms with E-state index < -0.39 is 5.97 Å². The van der Waals surface area contributed by atoms with Gasteiger partial charge in [-0.05, 0) is 45.4 Å². The van der Waals surface area contributed by atoms with Crippen LogP contribution in [0.2, 0.25) is 0 Å². The first kappa shape index (κ1) is 23.4. The minimum absolute atomic E-state index is 0.0475. The highest BCUT2D eigenvalue weighted by Crippen LogP contribution is 2.27. The van der Waals surface area contributed by atoms with Crippen LogP contribution in [0, 0.1) is 13.8 Å². The van der Waals surface area contributed by atoms with Gasteiger partial charge >= 0.3 is 5.97 Å². The van der Waals surface area contributed by atoms with Gasteiger partial charge in [0.2, 0.25) is 5.82 Å². The van der Waals surface area contributed by atoms with E-state index in [1.807, 2.05) is 26.8 Å². The van der Waals surface area contributed by atoms with Crippen LogP contribution < -0.4 is 4.90 Å². The maximum Gasteiger partial charge on any atom is 0.339 e. The average molecular weight is 438 g/mol. The highest BCUT2D eigenvalue weighted by Gasteiger charge is 2.30. The number of amides is 1. The molecule has 0 aliphatic carbocycles. The zero-order chi connectivity index (χ0) is 23.3. The van der Waals surface area contributed by atoms with Gasteiger partial charge in [0.15, 0.2) is 0 Å². The molecule has 0 aliphatic rings. The quantitative estimate of drug-likeness (QED) is 0.361. The number of hydrogen-bond donors (Lipinski definition) is 0. The fourth-order valence-electron chi connectivity index (χ4n) is 3.87. The minimum Gasteiger partial charge on any atom is -0.465 e. The molecule has 0 saturated heterocycles. The smallest absolute Gasteiger partial charge is 0.339 e. The minimum atomic E-state index is -0.493. The predicted molar refractivity (Wildman–Crippen MR) is 123 cm³/mol. The van der Waals surface area contributed by atoms with Crippen LogP contribution >= 0.6 is 0 Å². The van der Waals surface area contributed by atoms with Crippen LogP contribution in [0.5, 0.6) is 0 Å². The summed E-state index contributed by atoms with van der Waals surface area (Å²) in [5.74, 6) is -0.437. The first-order valence-corrected chi connectivity index (χ1v) is 11.1. The maximum atomic E-state index is 13.7. The van der Waals surface area contributed by atoms with Gasteiger partial charge in [-0.1, -0.05) is 44.7 Å². The van der Waals surface area contributed by atoms with Crippen molar-refractivity contribution in [2.75, 3.05) is 12.0 Å². The van der Waals surface area contributed by atoms with Crippen LogP contribution in [-0.2, 0) is 4.74 Å². The van der Waals surface area contributed by atoms with Crippen LogP contribution in [0.4, 0.5) is 5.69 Å². The van der Waals surface area contributed by atoms with Gasteiger partial charge in [0.1, 0.15) is 0 Å². The number of nitrogens with zero attached hydrogens (tertiary/aromatic N) is 5. The third-order valence-corrected chi connectivity index (χ3v) is 5.51. The summed E-state index contributed by atoms with van der Waals surface area (Å²) in [5, 5.41) is 4.42. The van der Waals surface area contributed by atoms with Crippen molar-refractivity contribution in [1.29, 1.82) is 0 Å². The number of benzene rings is 1. The van der Waals surface area contributed by atoms with Gasteiger partial charge < -0.3 is 9.64 Å². The van der Waals surface area contributed by atoms with E-state index in [0.717, 1.165) is 43.5 Å². The number of rotatable bonds is 9. The summed E-state index contributed by atoms with van der Waals surface area (Å²) in [6, 6.07) is 8.71. The summed E-state index contributed by atoms with van der Waals surface area (Å²) in [6.45, 7) is 7.92. The molecule has 0 unspecified atom stereocenters. The molecular formula is C24H31N5O3. The Morgan fingerprint density at radius 1 is 1.12 bits per heavy atom. The van der Waals surface area contributed by atoms with E-state index in [2.05, 4.69) is 22.0 Å². The molecule has 32 heavy (non-hydrogen) atoms. The lowest BCUT2D eigenvalue weighted by molar-refractivity contribution is 0.0601. The number of methoxy groups -OCH3 is 1.